The second-order valence-corrected chi connectivity index (χ2v) is 7.42. The van der Waals surface area contributed by atoms with E-state index in [1.807, 2.05) is 6.07 Å². The molecule has 30 heavy (non-hydrogen) atoms. The third-order valence-corrected chi connectivity index (χ3v) is 5.36. The Bertz CT molecular complexity index is 1150. The number of carbonyl (C=O) groups is 1. The summed E-state index contributed by atoms with van der Waals surface area (Å²) in [6.07, 6.45) is 1.84. The van der Waals surface area contributed by atoms with Gasteiger partial charge in [0.2, 0.25) is 6.79 Å². The number of H-pyrrole nitrogens is 1. The number of hydrogen-bond acceptors (Lipinski definition) is 6. The minimum Gasteiger partial charge on any atom is -0.454 e. The largest absolute Gasteiger partial charge is 0.454 e. The van der Waals surface area contributed by atoms with Crippen LogP contribution in [0.1, 0.15) is 29.0 Å². The van der Waals surface area contributed by atoms with Gasteiger partial charge in [-0.25, -0.2) is 4.98 Å². The molecular formula is C22H21N3O5. The van der Waals surface area contributed by atoms with Crippen LogP contribution in [-0.4, -0.2) is 46.8 Å². The van der Waals surface area contributed by atoms with E-state index < -0.39 is 0 Å². The molecule has 1 unspecified atom stereocenters. The van der Waals surface area contributed by atoms with E-state index in [0.717, 1.165) is 12.8 Å². The number of aromatic amines is 1. The highest BCUT2D eigenvalue weighted by Gasteiger charge is 2.26. The average Bonchev–Trinajstić information content (AvgIpc) is 3.44. The topological polar surface area (TPSA) is 93.8 Å². The molecule has 8 heteroatoms. The van der Waals surface area contributed by atoms with Gasteiger partial charge in [-0.1, -0.05) is 12.1 Å². The summed E-state index contributed by atoms with van der Waals surface area (Å²) in [7, 11) is 0. The van der Waals surface area contributed by atoms with E-state index in [0.29, 0.717) is 46.9 Å². The molecule has 0 spiro atoms. The van der Waals surface area contributed by atoms with Crippen molar-refractivity contribution in [3.8, 4) is 11.5 Å². The van der Waals surface area contributed by atoms with Crippen LogP contribution in [0.5, 0.6) is 11.5 Å². The van der Waals surface area contributed by atoms with Gasteiger partial charge in [-0.05, 0) is 43.2 Å². The third-order valence-electron chi connectivity index (χ3n) is 5.36. The number of hydrogen-bond donors (Lipinski definition) is 1. The quantitative estimate of drug-likeness (QED) is 0.698. The van der Waals surface area contributed by atoms with Crippen molar-refractivity contribution in [1.82, 2.24) is 14.9 Å². The lowest BCUT2D eigenvalue weighted by Crippen LogP contribution is -2.37. The van der Waals surface area contributed by atoms with E-state index in [1.54, 1.807) is 41.3 Å². The third kappa shape index (κ3) is 3.61. The van der Waals surface area contributed by atoms with E-state index in [-0.39, 0.29) is 30.9 Å². The molecule has 154 valence electrons. The average molecular weight is 407 g/mol. The van der Waals surface area contributed by atoms with Crippen molar-refractivity contribution < 1.29 is 19.0 Å². The first kappa shape index (κ1) is 18.6. The van der Waals surface area contributed by atoms with Gasteiger partial charge in [0.1, 0.15) is 5.82 Å². The van der Waals surface area contributed by atoms with Crippen LogP contribution in [0.25, 0.3) is 10.9 Å². The molecule has 5 rings (SSSR count). The molecule has 1 amide bonds. The van der Waals surface area contributed by atoms with Crippen LogP contribution < -0.4 is 15.0 Å². The fraction of sp³-hybridized carbons (Fsp3) is 0.318. The Morgan fingerprint density at radius 3 is 2.90 bits per heavy atom. The summed E-state index contributed by atoms with van der Waals surface area (Å²) in [5, 5.41) is 0.522. The van der Waals surface area contributed by atoms with Crippen LogP contribution in [0.2, 0.25) is 0 Å². The first-order valence-electron chi connectivity index (χ1n) is 9.96. The van der Waals surface area contributed by atoms with Gasteiger partial charge in [0.05, 0.1) is 23.6 Å². The zero-order valence-corrected chi connectivity index (χ0v) is 16.3. The summed E-state index contributed by atoms with van der Waals surface area (Å²) < 4.78 is 16.5. The van der Waals surface area contributed by atoms with Crippen LogP contribution in [0.4, 0.5) is 0 Å². The second-order valence-electron chi connectivity index (χ2n) is 7.42. The molecule has 3 heterocycles. The van der Waals surface area contributed by atoms with Crippen LogP contribution in [0.15, 0.2) is 47.3 Å². The van der Waals surface area contributed by atoms with Gasteiger partial charge in [0.15, 0.2) is 11.5 Å². The highest BCUT2D eigenvalue weighted by Crippen LogP contribution is 2.33. The van der Waals surface area contributed by atoms with Crippen molar-refractivity contribution in [1.29, 1.82) is 0 Å². The Balaban J connectivity index is 1.45. The van der Waals surface area contributed by atoms with Gasteiger partial charge in [0, 0.05) is 18.7 Å². The summed E-state index contributed by atoms with van der Waals surface area (Å²) in [6.45, 7) is 1.44. The maximum absolute atomic E-state index is 13.3. The lowest BCUT2D eigenvalue weighted by molar-refractivity contribution is 0.0501. The number of nitrogens with zero attached hydrogens (tertiary/aromatic N) is 2. The smallest absolute Gasteiger partial charge is 0.258 e. The van der Waals surface area contributed by atoms with E-state index >= 15 is 0 Å². The Labute approximate surface area is 172 Å². The molecule has 0 saturated carbocycles. The van der Waals surface area contributed by atoms with Gasteiger partial charge in [-0.2, -0.15) is 0 Å². The van der Waals surface area contributed by atoms with Crippen molar-refractivity contribution in [3.63, 3.8) is 0 Å². The molecule has 1 N–H and O–H groups in total. The molecule has 1 aromatic heterocycles. The van der Waals surface area contributed by atoms with Crippen molar-refractivity contribution in [2.24, 2.45) is 0 Å². The van der Waals surface area contributed by atoms with E-state index in [1.165, 1.54) is 0 Å². The van der Waals surface area contributed by atoms with Gasteiger partial charge in [-0.15, -0.1) is 0 Å². The molecule has 0 bridgehead atoms. The van der Waals surface area contributed by atoms with Crippen molar-refractivity contribution in [2.45, 2.75) is 25.5 Å². The number of aromatic nitrogens is 2. The second kappa shape index (κ2) is 7.79. The number of carbonyl (C=O) groups excluding carboxylic acids is 1. The number of para-hydroxylation sites is 1. The minimum absolute atomic E-state index is 0.0323. The molecule has 8 nitrogen and oxygen atoms in total. The Hall–Kier alpha value is -3.39. The molecule has 2 aliphatic heterocycles. The molecule has 0 aliphatic carbocycles. The van der Waals surface area contributed by atoms with Gasteiger partial charge >= 0.3 is 0 Å². The minimum atomic E-state index is -0.219. The molecule has 2 aliphatic rings. The zero-order valence-electron chi connectivity index (χ0n) is 16.3. The van der Waals surface area contributed by atoms with E-state index in [9.17, 15) is 9.59 Å². The summed E-state index contributed by atoms with van der Waals surface area (Å²) in [5.74, 6) is 1.43. The number of amides is 1. The predicted molar refractivity (Wildman–Crippen MR) is 109 cm³/mol. The molecule has 1 atom stereocenters. The van der Waals surface area contributed by atoms with Crippen LogP contribution in [-0.2, 0) is 11.3 Å². The monoisotopic (exact) mass is 407 g/mol. The Kier molecular flexibility index (Phi) is 4.84. The van der Waals surface area contributed by atoms with Gasteiger partial charge in [-0.3, -0.25) is 9.59 Å². The van der Waals surface area contributed by atoms with Crippen molar-refractivity contribution in [3.05, 3.63) is 64.2 Å². The number of fused-ring (bicyclic) bond motifs is 2. The van der Waals surface area contributed by atoms with Crippen LogP contribution in [0, 0.1) is 0 Å². The fourth-order valence-electron chi connectivity index (χ4n) is 3.86. The molecule has 3 aromatic rings. The first-order valence-corrected chi connectivity index (χ1v) is 9.96. The van der Waals surface area contributed by atoms with Gasteiger partial charge in [0.25, 0.3) is 11.5 Å². The normalized spacial score (nSPS) is 17.4. The SMILES string of the molecule is O=C(c1ccc2c(c1)OCO2)N(Cc1nc2ccccc2c(=O)[nH]1)CC1CCCO1. The van der Waals surface area contributed by atoms with Crippen molar-refractivity contribution >= 4 is 16.8 Å². The first-order chi connectivity index (χ1) is 14.7. The summed E-state index contributed by atoms with van der Waals surface area (Å²) in [4.78, 5) is 34.8. The molecule has 2 aromatic carbocycles. The van der Waals surface area contributed by atoms with Gasteiger partial charge < -0.3 is 24.1 Å². The highest BCUT2D eigenvalue weighted by molar-refractivity contribution is 5.95. The standard InChI is InChI=1S/C22H21N3O5/c26-21-16-5-1-2-6-17(16)23-20(24-21)12-25(11-15-4-3-9-28-15)22(27)14-7-8-18-19(10-14)30-13-29-18/h1-2,5-8,10,15H,3-4,9,11-13H2,(H,23,24,26). The zero-order chi connectivity index (χ0) is 20.5. The van der Waals surface area contributed by atoms with E-state index in [2.05, 4.69) is 9.97 Å². The fourth-order valence-corrected chi connectivity index (χ4v) is 3.86. The molecular weight excluding hydrogens is 386 g/mol. The number of benzene rings is 2. The summed E-state index contributed by atoms with van der Waals surface area (Å²) in [5.41, 5.74) is 0.868. The Morgan fingerprint density at radius 2 is 2.03 bits per heavy atom. The molecule has 1 saturated heterocycles. The molecule has 1 fully saturated rings. The van der Waals surface area contributed by atoms with Crippen molar-refractivity contribution in [2.75, 3.05) is 19.9 Å². The lowest BCUT2D eigenvalue weighted by Gasteiger charge is -2.25. The maximum atomic E-state index is 13.3. The number of nitrogens with one attached hydrogen (secondary N) is 1. The number of ether oxygens (including phenoxy) is 3. The summed E-state index contributed by atoms with van der Waals surface area (Å²) >= 11 is 0. The maximum Gasteiger partial charge on any atom is 0.258 e. The van der Waals surface area contributed by atoms with E-state index in [4.69, 9.17) is 14.2 Å². The summed E-state index contributed by atoms with van der Waals surface area (Å²) in [6, 6.07) is 12.3. The molecule has 0 radical (unpaired) electrons. The number of rotatable bonds is 5. The predicted octanol–water partition coefficient (Wildman–Crippen LogP) is 2.47. The van der Waals surface area contributed by atoms with Crippen LogP contribution >= 0.6 is 0 Å². The highest BCUT2D eigenvalue weighted by atomic mass is 16.7. The Morgan fingerprint density at radius 1 is 1.17 bits per heavy atom. The lowest BCUT2D eigenvalue weighted by atomic mass is 10.1. The van der Waals surface area contributed by atoms with Crippen LogP contribution in [0.3, 0.4) is 0 Å².